The zero-order valence-electron chi connectivity index (χ0n) is 23.8. The van der Waals surface area contributed by atoms with E-state index < -0.39 is 79.2 Å². The van der Waals surface area contributed by atoms with E-state index in [0.717, 1.165) is 0 Å². The molecular formula is C29H34O15. The maximum Gasteiger partial charge on any atom is 0.229 e. The summed E-state index contributed by atoms with van der Waals surface area (Å²) in [6, 6.07) is 9.13. The first-order valence-corrected chi connectivity index (χ1v) is 13.6. The Balaban J connectivity index is 1.41. The minimum Gasteiger partial charge on any atom is -0.504 e. The van der Waals surface area contributed by atoms with Crippen LogP contribution < -0.4 is 19.6 Å². The van der Waals surface area contributed by atoms with Gasteiger partial charge < -0.3 is 68.6 Å². The predicted octanol–water partition coefficient (Wildman–Crippen LogP) is -0.787. The maximum absolute atomic E-state index is 13.0. The van der Waals surface area contributed by atoms with Gasteiger partial charge in [-0.15, -0.1) is 0 Å². The molecule has 3 heterocycles. The molecule has 0 saturated carbocycles. The maximum atomic E-state index is 13.0. The minimum absolute atomic E-state index is 0.0966. The van der Waals surface area contributed by atoms with Crippen LogP contribution >= 0.6 is 0 Å². The van der Waals surface area contributed by atoms with Crippen molar-refractivity contribution in [2.75, 3.05) is 20.8 Å². The molecule has 2 saturated heterocycles. The van der Waals surface area contributed by atoms with Crippen LogP contribution in [0, 0.1) is 0 Å². The summed E-state index contributed by atoms with van der Waals surface area (Å²) in [5.74, 6) is -0.391. The standard InChI is InChI=1S/C29H34O15/c1-11-20(31)23(34)25(36)28(41-11)40-10-18-21(32)24(35)26(37)29(44-18)43-17-9-16-19(22(33)27(17)39-3)14(30)8-15(42-16)12-4-6-13(38-2)7-5-12/h4-9,11,18,20-21,23-26,28-29,31-37H,10H2,1-3H3/t11-,18+,20-,21+,23+,24-,25+,26+,28+,29?/m0/s1. The normalized spacial score (nSPS) is 32.4. The molecule has 240 valence electrons. The third-order valence-corrected chi connectivity index (χ3v) is 7.64. The second-order valence-electron chi connectivity index (χ2n) is 10.5. The molecular weight excluding hydrogens is 588 g/mol. The summed E-state index contributed by atoms with van der Waals surface area (Å²) in [4.78, 5) is 13.0. The number of phenols is 1. The van der Waals surface area contributed by atoms with Crippen LogP contribution in [0.25, 0.3) is 22.3 Å². The van der Waals surface area contributed by atoms with Gasteiger partial charge in [-0.3, -0.25) is 4.79 Å². The van der Waals surface area contributed by atoms with E-state index in [0.29, 0.717) is 11.3 Å². The van der Waals surface area contributed by atoms with E-state index >= 15 is 0 Å². The van der Waals surface area contributed by atoms with Gasteiger partial charge in [0, 0.05) is 17.7 Å². The molecule has 2 aliphatic rings. The van der Waals surface area contributed by atoms with Crippen LogP contribution in [0.2, 0.25) is 0 Å². The quantitative estimate of drug-likeness (QED) is 0.163. The molecule has 10 atom stereocenters. The Hall–Kier alpha value is -3.51. The molecule has 0 bridgehead atoms. The molecule has 15 heteroatoms. The first kappa shape index (κ1) is 31.9. The van der Waals surface area contributed by atoms with E-state index in [2.05, 4.69) is 0 Å². The molecule has 44 heavy (non-hydrogen) atoms. The summed E-state index contributed by atoms with van der Waals surface area (Å²) in [6.45, 7) is 0.947. The Kier molecular flexibility index (Phi) is 9.31. The first-order chi connectivity index (χ1) is 20.9. The summed E-state index contributed by atoms with van der Waals surface area (Å²) in [7, 11) is 2.72. The molecule has 1 aromatic heterocycles. The van der Waals surface area contributed by atoms with Crippen molar-refractivity contribution in [3.63, 3.8) is 0 Å². The molecule has 15 nitrogen and oxygen atoms in total. The Morgan fingerprint density at radius 1 is 0.795 bits per heavy atom. The molecule has 2 aromatic carbocycles. The van der Waals surface area contributed by atoms with Crippen molar-refractivity contribution < 1.29 is 68.6 Å². The van der Waals surface area contributed by atoms with Crippen LogP contribution in [0.1, 0.15) is 6.92 Å². The largest absolute Gasteiger partial charge is 0.504 e. The highest BCUT2D eigenvalue weighted by Crippen LogP contribution is 2.43. The smallest absolute Gasteiger partial charge is 0.229 e. The number of rotatable bonds is 8. The third-order valence-electron chi connectivity index (χ3n) is 7.64. The number of aromatic hydroxyl groups is 1. The Bertz CT molecular complexity index is 1510. The minimum atomic E-state index is -1.81. The topological polar surface area (TPSA) is 227 Å². The van der Waals surface area contributed by atoms with E-state index in [-0.39, 0.29) is 28.2 Å². The molecule has 0 spiro atoms. The van der Waals surface area contributed by atoms with Crippen LogP contribution in [0.3, 0.4) is 0 Å². The molecule has 2 fully saturated rings. The summed E-state index contributed by atoms with van der Waals surface area (Å²) in [6.07, 6.45) is -15.2. The highest BCUT2D eigenvalue weighted by molar-refractivity contribution is 5.89. The molecule has 0 radical (unpaired) electrons. The zero-order valence-corrected chi connectivity index (χ0v) is 23.8. The lowest BCUT2D eigenvalue weighted by Crippen LogP contribution is -2.61. The van der Waals surface area contributed by atoms with Crippen molar-refractivity contribution in [1.29, 1.82) is 0 Å². The lowest BCUT2D eigenvalue weighted by molar-refractivity contribution is -0.318. The van der Waals surface area contributed by atoms with Crippen molar-refractivity contribution in [3.05, 3.63) is 46.6 Å². The molecule has 0 amide bonds. The summed E-state index contributed by atoms with van der Waals surface area (Å²) >= 11 is 0. The van der Waals surface area contributed by atoms with E-state index in [9.17, 15) is 40.5 Å². The molecule has 5 rings (SSSR count). The van der Waals surface area contributed by atoms with Crippen molar-refractivity contribution >= 4 is 11.0 Å². The average Bonchev–Trinajstić information content (AvgIpc) is 3.01. The van der Waals surface area contributed by atoms with E-state index in [4.69, 9.17) is 32.8 Å². The number of benzene rings is 2. The Morgan fingerprint density at radius 3 is 2.11 bits per heavy atom. The molecule has 1 unspecified atom stereocenters. The molecule has 7 N–H and O–H groups in total. The van der Waals surface area contributed by atoms with Crippen molar-refractivity contribution in [1.82, 2.24) is 0 Å². The Labute approximate surface area is 249 Å². The van der Waals surface area contributed by atoms with Gasteiger partial charge in [-0.2, -0.15) is 0 Å². The van der Waals surface area contributed by atoms with Crippen LogP contribution in [0.15, 0.2) is 45.6 Å². The first-order valence-electron chi connectivity index (χ1n) is 13.6. The molecule has 3 aromatic rings. The summed E-state index contributed by atoms with van der Waals surface area (Å²) in [5.41, 5.74) is -0.138. The second-order valence-corrected chi connectivity index (χ2v) is 10.5. The van der Waals surface area contributed by atoms with E-state index in [1.54, 1.807) is 24.3 Å². The van der Waals surface area contributed by atoms with Gasteiger partial charge in [0.1, 0.15) is 65.2 Å². The van der Waals surface area contributed by atoms with Crippen molar-refractivity contribution in [3.8, 4) is 34.3 Å². The third kappa shape index (κ3) is 5.93. The number of ether oxygens (including phenoxy) is 6. The fourth-order valence-corrected chi connectivity index (χ4v) is 5.06. The SMILES string of the molecule is COc1ccc(-c2cc(=O)c3c(O)c(OC)c(OC4O[C@H](CO[C@@H]5O[C@@H](C)[C@H](O)[C@@H](O)[C@H]5O)[C@@H](O)[C@H](O)[C@H]4O)cc3o2)cc1. The van der Waals surface area contributed by atoms with Gasteiger partial charge in [0.15, 0.2) is 23.2 Å². The number of fused-ring (bicyclic) bond motifs is 1. The van der Waals surface area contributed by atoms with Crippen LogP contribution in [0.4, 0.5) is 0 Å². The molecule has 0 aliphatic carbocycles. The van der Waals surface area contributed by atoms with Crippen LogP contribution in [-0.4, -0.2) is 118 Å². The lowest BCUT2D eigenvalue weighted by atomic mass is 9.98. The zero-order chi connectivity index (χ0) is 31.9. The van der Waals surface area contributed by atoms with E-state index in [1.807, 2.05) is 0 Å². The summed E-state index contributed by atoms with van der Waals surface area (Å²) in [5, 5.41) is 72.6. The number of aliphatic hydroxyl groups excluding tert-OH is 6. The van der Waals surface area contributed by atoms with Gasteiger partial charge in [0.05, 0.1) is 26.9 Å². The van der Waals surface area contributed by atoms with Gasteiger partial charge in [-0.1, -0.05) is 0 Å². The predicted molar refractivity (Wildman–Crippen MR) is 148 cm³/mol. The van der Waals surface area contributed by atoms with E-state index in [1.165, 1.54) is 33.3 Å². The number of hydrogen-bond donors (Lipinski definition) is 7. The van der Waals surface area contributed by atoms with Crippen LogP contribution in [0.5, 0.6) is 23.0 Å². The lowest BCUT2D eigenvalue weighted by Gasteiger charge is -2.42. The van der Waals surface area contributed by atoms with Gasteiger partial charge >= 0.3 is 0 Å². The fourth-order valence-electron chi connectivity index (χ4n) is 5.06. The average molecular weight is 623 g/mol. The van der Waals surface area contributed by atoms with Gasteiger partial charge in [0.2, 0.25) is 12.0 Å². The highest BCUT2D eigenvalue weighted by atomic mass is 16.7. The molecule has 2 aliphatic heterocycles. The van der Waals surface area contributed by atoms with Gasteiger partial charge in [-0.05, 0) is 31.2 Å². The second kappa shape index (κ2) is 12.8. The summed E-state index contributed by atoms with van der Waals surface area (Å²) < 4.78 is 38.7. The van der Waals surface area contributed by atoms with Gasteiger partial charge in [0.25, 0.3) is 0 Å². The Morgan fingerprint density at radius 2 is 1.45 bits per heavy atom. The number of methoxy groups -OCH3 is 2. The number of aliphatic hydroxyl groups is 6. The number of phenolic OH excluding ortho intramolecular Hbond substituents is 1. The monoisotopic (exact) mass is 622 g/mol. The van der Waals surface area contributed by atoms with Crippen LogP contribution in [-0.2, 0) is 14.2 Å². The highest BCUT2D eigenvalue weighted by Gasteiger charge is 2.47. The number of hydrogen-bond acceptors (Lipinski definition) is 15. The fraction of sp³-hybridized carbons (Fsp3) is 0.483. The van der Waals surface area contributed by atoms with Crippen molar-refractivity contribution in [2.24, 2.45) is 0 Å². The van der Waals surface area contributed by atoms with Gasteiger partial charge in [-0.25, -0.2) is 0 Å². The van der Waals surface area contributed by atoms with Crippen molar-refractivity contribution in [2.45, 2.75) is 68.3 Å².